The molecule has 0 amide bonds. The fourth-order valence-corrected chi connectivity index (χ4v) is 0.777. The lowest BCUT2D eigenvalue weighted by Gasteiger charge is -2.19. The Hall–Kier alpha value is -1.25. The van der Waals surface area contributed by atoms with E-state index in [9.17, 15) is 4.79 Å². The zero-order valence-electron chi connectivity index (χ0n) is 6.49. The number of allylic oxidation sites excluding steroid dienone is 2. The van der Waals surface area contributed by atoms with Crippen LogP contribution < -0.4 is 0 Å². The van der Waals surface area contributed by atoms with Crippen LogP contribution in [-0.2, 0) is 9.53 Å². The van der Waals surface area contributed by atoms with Crippen molar-refractivity contribution in [3.8, 4) is 0 Å². The van der Waals surface area contributed by atoms with E-state index in [4.69, 9.17) is 4.74 Å². The topological polar surface area (TPSA) is 29.5 Å². The smallest absolute Gasteiger partial charge is 0.304 e. The average molecular weight is 153 g/mol. The van der Waals surface area contributed by atoms with Crippen LogP contribution in [0.1, 0.15) is 6.92 Å². The Bertz CT molecular complexity index is 196. The van der Waals surface area contributed by atoms with Crippen molar-refractivity contribution in [2.75, 3.05) is 13.3 Å². The Morgan fingerprint density at radius 1 is 1.64 bits per heavy atom. The van der Waals surface area contributed by atoms with Crippen LogP contribution in [-0.4, -0.2) is 24.1 Å². The van der Waals surface area contributed by atoms with Crippen LogP contribution in [0.5, 0.6) is 0 Å². The third-order valence-corrected chi connectivity index (χ3v) is 1.32. The summed E-state index contributed by atoms with van der Waals surface area (Å²) < 4.78 is 4.78. The molecule has 60 valence electrons. The summed E-state index contributed by atoms with van der Waals surface area (Å²) in [6.07, 6.45) is 7.77. The first-order chi connectivity index (χ1) is 5.29. The summed E-state index contributed by atoms with van der Waals surface area (Å²) in [5.41, 5.74) is 0. The molecule has 0 fully saturated rings. The molecular formula is C8H11NO2. The van der Waals surface area contributed by atoms with Gasteiger partial charge in [-0.2, -0.15) is 0 Å². The van der Waals surface area contributed by atoms with Crippen molar-refractivity contribution >= 4 is 5.97 Å². The molecule has 0 aliphatic carbocycles. The molecule has 3 heteroatoms. The van der Waals surface area contributed by atoms with Crippen LogP contribution >= 0.6 is 0 Å². The Labute approximate surface area is 65.9 Å². The highest BCUT2D eigenvalue weighted by molar-refractivity contribution is 5.65. The zero-order chi connectivity index (χ0) is 8.10. The first-order valence-corrected chi connectivity index (χ1v) is 3.50. The predicted octanol–water partition coefficient (Wildman–Crippen LogP) is 0.893. The van der Waals surface area contributed by atoms with Crippen molar-refractivity contribution in [3.63, 3.8) is 0 Å². The first-order valence-electron chi connectivity index (χ1n) is 3.50. The van der Waals surface area contributed by atoms with Crippen LogP contribution in [0.25, 0.3) is 0 Å². The van der Waals surface area contributed by atoms with E-state index in [1.54, 1.807) is 0 Å². The second-order valence-electron chi connectivity index (χ2n) is 2.31. The minimum absolute atomic E-state index is 0.243. The molecule has 1 heterocycles. The van der Waals surface area contributed by atoms with Crippen molar-refractivity contribution in [1.82, 2.24) is 4.90 Å². The summed E-state index contributed by atoms with van der Waals surface area (Å²) in [7, 11) is 0. The molecule has 0 N–H and O–H groups in total. The Kier molecular flexibility index (Phi) is 2.72. The molecule has 0 aromatic carbocycles. The number of hydrogen-bond acceptors (Lipinski definition) is 3. The summed E-state index contributed by atoms with van der Waals surface area (Å²) in [4.78, 5) is 12.3. The van der Waals surface area contributed by atoms with Crippen LogP contribution in [0.3, 0.4) is 0 Å². The van der Waals surface area contributed by atoms with E-state index < -0.39 is 0 Å². The second kappa shape index (κ2) is 3.81. The minimum Gasteiger partial charge on any atom is -0.444 e. The summed E-state index contributed by atoms with van der Waals surface area (Å²) in [5, 5.41) is 0. The number of hydrogen-bond donors (Lipinski definition) is 0. The molecule has 0 aromatic heterocycles. The van der Waals surface area contributed by atoms with Gasteiger partial charge in [-0.15, -0.1) is 0 Å². The SMILES string of the molecule is CC(=O)OCN1C=CC=CC1. The highest BCUT2D eigenvalue weighted by atomic mass is 16.5. The number of esters is 1. The summed E-state index contributed by atoms with van der Waals surface area (Å²) in [5.74, 6) is -0.243. The highest BCUT2D eigenvalue weighted by Crippen LogP contribution is 1.97. The van der Waals surface area contributed by atoms with E-state index in [2.05, 4.69) is 0 Å². The van der Waals surface area contributed by atoms with Gasteiger partial charge in [-0.3, -0.25) is 4.79 Å². The van der Waals surface area contributed by atoms with Crippen molar-refractivity contribution in [3.05, 3.63) is 24.4 Å². The fraction of sp³-hybridized carbons (Fsp3) is 0.375. The van der Waals surface area contributed by atoms with Crippen molar-refractivity contribution in [2.45, 2.75) is 6.92 Å². The number of nitrogens with zero attached hydrogens (tertiary/aromatic N) is 1. The van der Waals surface area contributed by atoms with Crippen LogP contribution in [0.2, 0.25) is 0 Å². The molecule has 11 heavy (non-hydrogen) atoms. The highest BCUT2D eigenvalue weighted by Gasteiger charge is 1.99. The van der Waals surface area contributed by atoms with E-state index in [1.165, 1.54) is 6.92 Å². The largest absolute Gasteiger partial charge is 0.444 e. The maximum Gasteiger partial charge on any atom is 0.304 e. The lowest BCUT2D eigenvalue weighted by molar-refractivity contribution is -0.144. The first kappa shape index (κ1) is 7.85. The molecule has 1 rings (SSSR count). The molecule has 0 atom stereocenters. The molecular weight excluding hydrogens is 142 g/mol. The van der Waals surface area contributed by atoms with Gasteiger partial charge < -0.3 is 9.64 Å². The van der Waals surface area contributed by atoms with Gasteiger partial charge in [-0.05, 0) is 6.08 Å². The van der Waals surface area contributed by atoms with Gasteiger partial charge in [0.2, 0.25) is 0 Å². The summed E-state index contributed by atoms with van der Waals surface area (Å²) in [6, 6.07) is 0. The van der Waals surface area contributed by atoms with Gasteiger partial charge in [-0.1, -0.05) is 12.2 Å². The maximum absolute atomic E-state index is 10.4. The van der Waals surface area contributed by atoms with Gasteiger partial charge >= 0.3 is 5.97 Å². The monoisotopic (exact) mass is 153 g/mol. The molecule has 1 aliphatic heterocycles. The van der Waals surface area contributed by atoms with Crippen molar-refractivity contribution < 1.29 is 9.53 Å². The Balaban J connectivity index is 2.22. The quantitative estimate of drug-likeness (QED) is 0.552. The van der Waals surface area contributed by atoms with Crippen LogP contribution in [0.15, 0.2) is 24.4 Å². The molecule has 0 saturated carbocycles. The average Bonchev–Trinajstić information content (AvgIpc) is 2.03. The van der Waals surface area contributed by atoms with Crippen LogP contribution in [0, 0.1) is 0 Å². The molecule has 1 aliphatic rings. The number of rotatable bonds is 2. The third kappa shape index (κ3) is 2.89. The van der Waals surface area contributed by atoms with Gasteiger partial charge in [0.05, 0.1) is 0 Å². The maximum atomic E-state index is 10.4. The lowest BCUT2D eigenvalue weighted by atomic mass is 10.4. The van der Waals surface area contributed by atoms with E-state index in [0.29, 0.717) is 6.73 Å². The third-order valence-electron chi connectivity index (χ3n) is 1.32. The lowest BCUT2D eigenvalue weighted by Crippen LogP contribution is -2.23. The summed E-state index contributed by atoms with van der Waals surface area (Å²) in [6.45, 7) is 2.56. The predicted molar refractivity (Wildman–Crippen MR) is 41.6 cm³/mol. The van der Waals surface area contributed by atoms with E-state index in [1.807, 2.05) is 29.3 Å². The van der Waals surface area contributed by atoms with Crippen LogP contribution in [0.4, 0.5) is 0 Å². The van der Waals surface area contributed by atoms with Crippen molar-refractivity contribution in [2.24, 2.45) is 0 Å². The van der Waals surface area contributed by atoms with Gasteiger partial charge in [0.15, 0.2) is 6.73 Å². The van der Waals surface area contributed by atoms with Gasteiger partial charge in [0.25, 0.3) is 0 Å². The number of ether oxygens (including phenoxy) is 1. The number of carbonyl (C=O) groups is 1. The van der Waals surface area contributed by atoms with Gasteiger partial charge in [0.1, 0.15) is 0 Å². The molecule has 0 spiro atoms. The van der Waals surface area contributed by atoms with Crippen molar-refractivity contribution in [1.29, 1.82) is 0 Å². The Morgan fingerprint density at radius 3 is 3.00 bits per heavy atom. The molecule has 0 radical (unpaired) electrons. The molecule has 0 unspecified atom stereocenters. The molecule has 0 saturated heterocycles. The molecule has 3 nitrogen and oxygen atoms in total. The molecule has 0 bridgehead atoms. The zero-order valence-corrected chi connectivity index (χ0v) is 6.49. The molecule has 0 aromatic rings. The standard InChI is InChI=1S/C8H11NO2/c1-8(10)11-7-9-5-3-2-4-6-9/h2-5H,6-7H2,1H3. The van der Waals surface area contributed by atoms with Gasteiger partial charge in [0, 0.05) is 19.7 Å². The van der Waals surface area contributed by atoms with E-state index >= 15 is 0 Å². The van der Waals surface area contributed by atoms with E-state index in [0.717, 1.165) is 6.54 Å². The Morgan fingerprint density at radius 2 is 2.45 bits per heavy atom. The number of carbonyl (C=O) groups excluding carboxylic acids is 1. The normalized spacial score (nSPS) is 15.2. The summed E-state index contributed by atoms with van der Waals surface area (Å²) >= 11 is 0. The van der Waals surface area contributed by atoms with Gasteiger partial charge in [-0.25, -0.2) is 0 Å². The van der Waals surface area contributed by atoms with E-state index in [-0.39, 0.29) is 5.97 Å². The fourth-order valence-electron chi connectivity index (χ4n) is 0.777. The second-order valence-corrected chi connectivity index (χ2v) is 2.31. The minimum atomic E-state index is -0.243.